The molecular formula is C10H13Cl2NO4S. The van der Waals surface area contributed by atoms with Crippen molar-refractivity contribution in [2.75, 3.05) is 0 Å². The maximum Gasteiger partial charge on any atom is 0.333 e. The molecule has 0 radical (unpaired) electrons. The van der Waals surface area contributed by atoms with Crippen molar-refractivity contribution in [2.45, 2.75) is 25.5 Å². The summed E-state index contributed by atoms with van der Waals surface area (Å²) in [5, 5.41) is 10.6. The molecule has 1 aromatic rings. The summed E-state index contributed by atoms with van der Waals surface area (Å²) < 4.78 is 32.2. The van der Waals surface area contributed by atoms with Gasteiger partial charge in [-0.3, -0.25) is 4.55 Å². The summed E-state index contributed by atoms with van der Waals surface area (Å²) in [6.07, 6.45) is -0.999. The second kappa shape index (κ2) is 6.18. The minimum atomic E-state index is -4.41. The summed E-state index contributed by atoms with van der Waals surface area (Å²) in [5.41, 5.74) is 0.226. The van der Waals surface area contributed by atoms with Crippen LogP contribution in [0.15, 0.2) is 18.2 Å². The number of rotatable bonds is 5. The summed E-state index contributed by atoms with van der Waals surface area (Å²) in [6.45, 7) is 1.65. The Bertz CT molecular complexity index is 500. The average molecular weight is 314 g/mol. The van der Waals surface area contributed by atoms with Crippen molar-refractivity contribution in [2.24, 2.45) is 0 Å². The fourth-order valence-corrected chi connectivity index (χ4v) is 2.86. The Morgan fingerprint density at radius 3 is 2.22 bits per heavy atom. The van der Waals surface area contributed by atoms with Crippen molar-refractivity contribution < 1.29 is 18.1 Å². The minimum absolute atomic E-state index is 0.226. The number of hydrogen-bond acceptors (Lipinski definition) is 3. The molecular weight excluding hydrogens is 301 g/mol. The Morgan fingerprint density at radius 2 is 1.83 bits per heavy atom. The van der Waals surface area contributed by atoms with Crippen molar-refractivity contribution >= 4 is 33.5 Å². The second-order valence-corrected chi connectivity index (χ2v) is 5.69. The third-order valence-corrected chi connectivity index (χ3v) is 3.68. The van der Waals surface area contributed by atoms with Crippen LogP contribution < -0.4 is 4.72 Å². The highest BCUT2D eigenvalue weighted by molar-refractivity contribution is 7.83. The van der Waals surface area contributed by atoms with Gasteiger partial charge < -0.3 is 5.11 Å². The van der Waals surface area contributed by atoms with Gasteiger partial charge >= 0.3 is 10.3 Å². The summed E-state index contributed by atoms with van der Waals surface area (Å²) in [7, 11) is -4.41. The van der Waals surface area contributed by atoms with Crippen LogP contribution in [0, 0.1) is 0 Å². The van der Waals surface area contributed by atoms with Gasteiger partial charge in [0, 0.05) is 15.6 Å². The lowest BCUT2D eigenvalue weighted by atomic mass is 10.0. The lowest BCUT2D eigenvalue weighted by Crippen LogP contribution is -2.38. The quantitative estimate of drug-likeness (QED) is 0.727. The Balaban J connectivity index is 3.07. The van der Waals surface area contributed by atoms with Gasteiger partial charge in [-0.05, 0) is 18.6 Å². The van der Waals surface area contributed by atoms with E-state index >= 15 is 0 Å². The van der Waals surface area contributed by atoms with E-state index in [1.165, 1.54) is 12.1 Å². The monoisotopic (exact) mass is 313 g/mol. The predicted molar refractivity (Wildman–Crippen MR) is 70.2 cm³/mol. The van der Waals surface area contributed by atoms with Crippen LogP contribution in [0.2, 0.25) is 10.0 Å². The average Bonchev–Trinajstić information content (AvgIpc) is 2.24. The highest BCUT2D eigenvalue weighted by atomic mass is 35.5. The third-order valence-electron chi connectivity index (χ3n) is 2.42. The Labute approximate surface area is 116 Å². The topological polar surface area (TPSA) is 86.6 Å². The molecule has 0 saturated carbocycles. The van der Waals surface area contributed by atoms with Gasteiger partial charge in [0.05, 0.1) is 12.1 Å². The number of aliphatic hydroxyl groups is 1. The zero-order valence-corrected chi connectivity index (χ0v) is 11.8. The zero-order valence-electron chi connectivity index (χ0n) is 9.47. The highest BCUT2D eigenvalue weighted by Crippen LogP contribution is 2.32. The maximum atomic E-state index is 10.8. The van der Waals surface area contributed by atoms with Crippen LogP contribution >= 0.6 is 23.2 Å². The normalized spacial score (nSPS) is 15.4. The predicted octanol–water partition coefficient (Wildman–Crippen LogP) is 2.20. The molecule has 2 atom stereocenters. The molecule has 18 heavy (non-hydrogen) atoms. The van der Waals surface area contributed by atoms with Crippen LogP contribution in [-0.2, 0) is 10.3 Å². The smallest absolute Gasteiger partial charge is 0.333 e. The van der Waals surface area contributed by atoms with Crippen molar-refractivity contribution in [1.82, 2.24) is 4.72 Å². The highest BCUT2D eigenvalue weighted by Gasteiger charge is 2.26. The maximum absolute atomic E-state index is 10.8. The molecule has 0 bridgehead atoms. The van der Waals surface area contributed by atoms with E-state index in [-0.39, 0.29) is 22.0 Å². The van der Waals surface area contributed by atoms with Crippen molar-refractivity contribution in [3.63, 3.8) is 0 Å². The van der Waals surface area contributed by atoms with E-state index in [1.807, 2.05) is 4.72 Å². The van der Waals surface area contributed by atoms with E-state index in [2.05, 4.69) is 0 Å². The molecule has 0 aliphatic carbocycles. The molecule has 1 rings (SSSR count). The molecule has 0 aliphatic rings. The molecule has 0 saturated heterocycles. The van der Waals surface area contributed by atoms with E-state index in [0.29, 0.717) is 0 Å². The number of hydrogen-bond donors (Lipinski definition) is 3. The standard InChI is InChI=1S/C10H13Cl2NO4S/c1-2-8(13-18(15,16)17)10(14)9-6(11)4-3-5-7(9)12/h3-5,8,10,13-14H,2H2,1H3,(H,15,16,17)/t8-,10+/m1/s1. The van der Waals surface area contributed by atoms with Gasteiger partial charge in [0.25, 0.3) is 0 Å². The zero-order chi connectivity index (χ0) is 13.9. The molecule has 0 aliphatic heterocycles. The Kier molecular flexibility index (Phi) is 5.39. The lowest BCUT2D eigenvalue weighted by molar-refractivity contribution is 0.135. The molecule has 3 N–H and O–H groups in total. The van der Waals surface area contributed by atoms with Gasteiger partial charge in [0.1, 0.15) is 0 Å². The molecule has 8 heteroatoms. The molecule has 0 heterocycles. The number of aliphatic hydroxyl groups excluding tert-OH is 1. The molecule has 0 spiro atoms. The first kappa shape index (κ1) is 15.7. The van der Waals surface area contributed by atoms with E-state index in [9.17, 15) is 13.5 Å². The Morgan fingerprint density at radius 1 is 1.33 bits per heavy atom. The van der Waals surface area contributed by atoms with Gasteiger partial charge in [-0.25, -0.2) is 0 Å². The van der Waals surface area contributed by atoms with Gasteiger partial charge in [-0.1, -0.05) is 36.2 Å². The number of benzene rings is 1. The van der Waals surface area contributed by atoms with Crippen LogP contribution in [0.3, 0.4) is 0 Å². The summed E-state index contributed by atoms with van der Waals surface area (Å²) >= 11 is 11.8. The Hall–Kier alpha value is -0.370. The lowest BCUT2D eigenvalue weighted by Gasteiger charge is -2.23. The molecule has 1 aromatic carbocycles. The van der Waals surface area contributed by atoms with Crippen molar-refractivity contribution in [3.8, 4) is 0 Å². The first-order valence-corrected chi connectivity index (χ1v) is 7.32. The number of nitrogens with one attached hydrogen (secondary N) is 1. The van der Waals surface area contributed by atoms with Crippen LogP contribution in [0.4, 0.5) is 0 Å². The van der Waals surface area contributed by atoms with E-state index in [4.69, 9.17) is 27.8 Å². The first-order valence-electron chi connectivity index (χ1n) is 5.13. The summed E-state index contributed by atoms with van der Waals surface area (Å²) in [5.74, 6) is 0. The van der Waals surface area contributed by atoms with Crippen LogP contribution in [0.5, 0.6) is 0 Å². The van der Waals surface area contributed by atoms with E-state index < -0.39 is 22.4 Å². The van der Waals surface area contributed by atoms with E-state index in [1.54, 1.807) is 13.0 Å². The van der Waals surface area contributed by atoms with Crippen LogP contribution in [0.25, 0.3) is 0 Å². The molecule has 0 amide bonds. The molecule has 0 aromatic heterocycles. The van der Waals surface area contributed by atoms with Gasteiger partial charge in [-0.15, -0.1) is 0 Å². The van der Waals surface area contributed by atoms with E-state index in [0.717, 1.165) is 0 Å². The fraction of sp³-hybridized carbons (Fsp3) is 0.400. The fourth-order valence-electron chi connectivity index (χ4n) is 1.56. The van der Waals surface area contributed by atoms with Crippen LogP contribution in [-0.4, -0.2) is 24.1 Å². The summed E-state index contributed by atoms with van der Waals surface area (Å²) in [6, 6.07) is 3.76. The molecule has 0 unspecified atom stereocenters. The van der Waals surface area contributed by atoms with Gasteiger partial charge in [0.2, 0.25) is 0 Å². The number of halogens is 2. The molecule has 0 fully saturated rings. The third kappa shape index (κ3) is 4.08. The molecule has 102 valence electrons. The minimum Gasteiger partial charge on any atom is -0.387 e. The summed E-state index contributed by atoms with van der Waals surface area (Å²) in [4.78, 5) is 0. The SMILES string of the molecule is CC[C@@H](NS(=O)(=O)O)[C@H](O)c1c(Cl)cccc1Cl. The largest absolute Gasteiger partial charge is 0.387 e. The van der Waals surface area contributed by atoms with Crippen molar-refractivity contribution in [1.29, 1.82) is 0 Å². The molecule has 5 nitrogen and oxygen atoms in total. The first-order chi connectivity index (χ1) is 8.26. The van der Waals surface area contributed by atoms with Gasteiger partial charge in [-0.2, -0.15) is 13.1 Å². The van der Waals surface area contributed by atoms with Crippen molar-refractivity contribution in [3.05, 3.63) is 33.8 Å². The second-order valence-electron chi connectivity index (χ2n) is 3.69. The van der Waals surface area contributed by atoms with Gasteiger partial charge in [0.15, 0.2) is 0 Å². The van der Waals surface area contributed by atoms with Crippen LogP contribution in [0.1, 0.15) is 25.0 Å².